The Morgan fingerprint density at radius 3 is 2.97 bits per heavy atom. The number of thioether (sulfide) groups is 1. The van der Waals surface area contributed by atoms with Gasteiger partial charge in [0.15, 0.2) is 10.3 Å². The molecule has 170 valence electrons. The van der Waals surface area contributed by atoms with Crippen molar-refractivity contribution in [3.8, 4) is 0 Å². The van der Waals surface area contributed by atoms with Crippen molar-refractivity contribution in [2.75, 3.05) is 24.3 Å². The number of aryl methyl sites for hydroxylation is 1. The van der Waals surface area contributed by atoms with Gasteiger partial charge in [0.1, 0.15) is 9.71 Å². The van der Waals surface area contributed by atoms with E-state index in [1.165, 1.54) is 23.1 Å². The van der Waals surface area contributed by atoms with Crippen molar-refractivity contribution in [3.05, 3.63) is 32.4 Å². The number of esters is 1. The average Bonchev–Trinajstić information content (AvgIpc) is 3.51. The fourth-order valence-electron chi connectivity index (χ4n) is 3.42. The zero-order chi connectivity index (χ0) is 22.7. The van der Waals surface area contributed by atoms with Crippen molar-refractivity contribution in [1.82, 2.24) is 14.5 Å². The number of aromatic nitrogens is 3. The molecule has 3 aromatic rings. The number of amides is 1. The van der Waals surface area contributed by atoms with Crippen molar-refractivity contribution in [1.29, 1.82) is 0 Å². The van der Waals surface area contributed by atoms with E-state index in [0.717, 1.165) is 24.2 Å². The maximum Gasteiger partial charge on any atom is 0.348 e. The highest BCUT2D eigenvalue weighted by molar-refractivity contribution is 7.99. The molecular weight excluding hydrogens is 472 g/mol. The molecule has 1 aliphatic rings. The smallest absolute Gasteiger partial charge is 0.348 e. The number of nitrogens with one attached hydrogen (secondary N) is 1. The van der Waals surface area contributed by atoms with Crippen LogP contribution in [0, 0.1) is 6.92 Å². The maximum atomic E-state index is 13.5. The predicted octanol–water partition coefficient (Wildman–Crippen LogP) is 3.31. The highest BCUT2D eigenvalue weighted by atomic mass is 32.2. The van der Waals surface area contributed by atoms with E-state index in [1.54, 1.807) is 30.0 Å². The Balaban J connectivity index is 1.67. The number of hydrogen-bond acceptors (Lipinski definition) is 10. The highest BCUT2D eigenvalue weighted by Crippen LogP contribution is 2.30. The molecule has 1 saturated heterocycles. The minimum absolute atomic E-state index is 0.0676. The second-order valence-electron chi connectivity index (χ2n) is 7.08. The van der Waals surface area contributed by atoms with Gasteiger partial charge in [-0.1, -0.05) is 11.8 Å². The van der Waals surface area contributed by atoms with E-state index in [0.29, 0.717) is 44.1 Å². The van der Waals surface area contributed by atoms with Crippen LogP contribution < -0.4 is 10.9 Å². The monoisotopic (exact) mass is 494 g/mol. The summed E-state index contributed by atoms with van der Waals surface area (Å²) in [5.74, 6) is -0.634. The summed E-state index contributed by atoms with van der Waals surface area (Å²) >= 11 is 3.64. The van der Waals surface area contributed by atoms with Crippen molar-refractivity contribution in [2.24, 2.45) is 0 Å². The van der Waals surface area contributed by atoms with E-state index in [1.807, 2.05) is 0 Å². The highest BCUT2D eigenvalue weighted by Gasteiger charge is 2.25. The summed E-state index contributed by atoms with van der Waals surface area (Å²) in [4.78, 5) is 47.7. The van der Waals surface area contributed by atoms with Crippen molar-refractivity contribution in [3.63, 3.8) is 0 Å². The predicted molar refractivity (Wildman–Crippen MR) is 125 cm³/mol. The Bertz CT molecular complexity index is 1180. The van der Waals surface area contributed by atoms with E-state index < -0.39 is 5.97 Å². The second-order valence-corrected chi connectivity index (χ2v) is 9.91. The number of anilines is 1. The van der Waals surface area contributed by atoms with Crippen LogP contribution in [0.4, 0.5) is 5.13 Å². The lowest BCUT2D eigenvalue weighted by Crippen LogP contribution is -2.29. The van der Waals surface area contributed by atoms with E-state index in [2.05, 4.69) is 15.3 Å². The Morgan fingerprint density at radius 2 is 2.28 bits per heavy atom. The Labute approximate surface area is 196 Å². The maximum absolute atomic E-state index is 13.5. The molecular formula is C20H22N4O5S3. The van der Waals surface area contributed by atoms with Crippen molar-refractivity contribution < 1.29 is 19.1 Å². The summed E-state index contributed by atoms with van der Waals surface area (Å²) in [6, 6.07) is 0. The topological polar surface area (TPSA) is 112 Å². The number of rotatable bonds is 8. The molecule has 0 bridgehead atoms. The first-order chi connectivity index (χ1) is 15.5. The van der Waals surface area contributed by atoms with Gasteiger partial charge in [-0.3, -0.25) is 14.2 Å². The second kappa shape index (κ2) is 10.1. The van der Waals surface area contributed by atoms with Gasteiger partial charge in [-0.2, -0.15) is 0 Å². The zero-order valence-corrected chi connectivity index (χ0v) is 20.0. The quantitative estimate of drug-likeness (QED) is 0.288. The summed E-state index contributed by atoms with van der Waals surface area (Å²) < 4.78 is 12.4. The molecule has 0 saturated carbocycles. The lowest BCUT2D eigenvalue weighted by atomic mass is 10.2. The molecule has 12 heteroatoms. The number of thiazole rings is 1. The van der Waals surface area contributed by atoms with Gasteiger partial charge in [0.05, 0.1) is 30.4 Å². The number of fused-ring (bicyclic) bond motifs is 1. The standard InChI is InChI=1S/C20H22N4O5S3/c1-3-28-18(27)15-11(2)14-16(32-15)23-20(24(17(14)26)9-12-5-4-7-29-12)31-10-13(25)22-19-21-6-8-30-19/h6,8,12H,3-5,7,9-10H2,1-2H3,(H,21,22,25). The average molecular weight is 495 g/mol. The molecule has 0 spiro atoms. The molecule has 3 aromatic heterocycles. The molecule has 4 rings (SSSR count). The summed E-state index contributed by atoms with van der Waals surface area (Å²) in [5, 5.41) is 5.85. The number of carbonyl (C=O) groups excluding carboxylic acids is 2. The molecule has 0 aliphatic carbocycles. The van der Waals surface area contributed by atoms with Gasteiger partial charge >= 0.3 is 5.97 Å². The summed E-state index contributed by atoms with van der Waals surface area (Å²) in [6.07, 6.45) is 3.33. The molecule has 1 fully saturated rings. The van der Waals surface area contributed by atoms with Gasteiger partial charge in [0.2, 0.25) is 5.91 Å². The zero-order valence-electron chi connectivity index (χ0n) is 17.6. The first-order valence-corrected chi connectivity index (χ1v) is 12.8. The van der Waals surface area contributed by atoms with Crippen LogP contribution >= 0.6 is 34.4 Å². The molecule has 1 N–H and O–H groups in total. The molecule has 0 radical (unpaired) electrons. The first-order valence-electron chi connectivity index (χ1n) is 10.1. The van der Waals surface area contributed by atoms with Crippen LogP contribution in [0.5, 0.6) is 0 Å². The van der Waals surface area contributed by atoms with E-state index >= 15 is 0 Å². The fourth-order valence-corrected chi connectivity index (χ4v) is 5.89. The third-order valence-corrected chi connectivity index (χ3v) is 7.73. The SMILES string of the molecule is CCOC(=O)c1sc2nc(SCC(=O)Nc3nccs3)n(CC3CCCO3)c(=O)c2c1C. The Hall–Kier alpha value is -2.28. The molecule has 4 heterocycles. The van der Waals surface area contributed by atoms with Crippen LogP contribution in [0.25, 0.3) is 10.2 Å². The van der Waals surface area contributed by atoms with Gasteiger partial charge in [-0.05, 0) is 32.3 Å². The Morgan fingerprint density at radius 1 is 1.44 bits per heavy atom. The molecule has 1 unspecified atom stereocenters. The normalized spacial score (nSPS) is 15.9. The van der Waals surface area contributed by atoms with Crippen LogP contribution in [0.3, 0.4) is 0 Å². The number of ether oxygens (including phenoxy) is 2. The van der Waals surface area contributed by atoms with Gasteiger partial charge in [0.25, 0.3) is 5.56 Å². The lowest BCUT2D eigenvalue weighted by molar-refractivity contribution is -0.113. The molecule has 9 nitrogen and oxygen atoms in total. The minimum Gasteiger partial charge on any atom is -0.462 e. The van der Waals surface area contributed by atoms with E-state index in [-0.39, 0.29) is 29.9 Å². The van der Waals surface area contributed by atoms with Crippen LogP contribution in [0.1, 0.15) is 35.0 Å². The number of carbonyl (C=O) groups is 2. The van der Waals surface area contributed by atoms with Crippen molar-refractivity contribution in [2.45, 2.75) is 44.5 Å². The summed E-state index contributed by atoms with van der Waals surface area (Å²) in [6.45, 7) is 4.73. The molecule has 1 aliphatic heterocycles. The number of hydrogen-bond donors (Lipinski definition) is 1. The molecule has 0 aromatic carbocycles. The number of thiophene rings is 1. The van der Waals surface area contributed by atoms with Crippen molar-refractivity contribution >= 4 is 61.7 Å². The lowest BCUT2D eigenvalue weighted by Gasteiger charge is -2.15. The summed E-state index contributed by atoms with van der Waals surface area (Å²) in [7, 11) is 0. The Kier molecular flexibility index (Phi) is 7.23. The minimum atomic E-state index is -0.463. The van der Waals surface area contributed by atoms with Crippen LogP contribution in [0.2, 0.25) is 0 Å². The molecule has 1 atom stereocenters. The third-order valence-electron chi connectivity index (χ3n) is 4.90. The van der Waals surface area contributed by atoms with Gasteiger partial charge < -0.3 is 14.8 Å². The third kappa shape index (κ3) is 4.87. The summed E-state index contributed by atoms with van der Waals surface area (Å²) in [5.41, 5.74) is 0.331. The largest absolute Gasteiger partial charge is 0.462 e. The van der Waals surface area contributed by atoms with E-state index in [4.69, 9.17) is 9.47 Å². The molecule has 32 heavy (non-hydrogen) atoms. The fraction of sp³-hybridized carbons (Fsp3) is 0.450. The number of nitrogens with zero attached hydrogens (tertiary/aromatic N) is 3. The molecule has 1 amide bonds. The van der Waals surface area contributed by atoms with E-state index in [9.17, 15) is 14.4 Å². The van der Waals surface area contributed by atoms with Crippen LogP contribution in [-0.4, -0.2) is 51.5 Å². The van der Waals surface area contributed by atoms with Crippen LogP contribution in [-0.2, 0) is 20.8 Å². The van der Waals surface area contributed by atoms with Gasteiger partial charge in [0, 0.05) is 18.2 Å². The first kappa shape index (κ1) is 22.9. The van der Waals surface area contributed by atoms with Gasteiger partial charge in [-0.15, -0.1) is 22.7 Å². The van der Waals surface area contributed by atoms with Crippen LogP contribution in [0.15, 0.2) is 21.5 Å². The van der Waals surface area contributed by atoms with Gasteiger partial charge in [-0.25, -0.2) is 14.8 Å².